The van der Waals surface area contributed by atoms with E-state index in [9.17, 15) is 19.2 Å². The molecule has 0 spiro atoms. The third kappa shape index (κ3) is 7.25. The average molecular weight is 454 g/mol. The van der Waals surface area contributed by atoms with Gasteiger partial charge in [0.25, 0.3) is 0 Å². The van der Waals surface area contributed by atoms with Crippen molar-refractivity contribution in [2.45, 2.75) is 69.4 Å². The largest absolute Gasteiger partial charge is 0.463 e. The van der Waals surface area contributed by atoms with Gasteiger partial charge < -0.3 is 23.7 Å². The number of hydrogen-bond donors (Lipinski definition) is 0. The smallest absolute Gasteiger partial charge is 0.303 e. The fraction of sp³-hybridized carbons (Fsp3) is 0.524. The molecule has 1 saturated heterocycles. The first-order valence-corrected chi connectivity index (χ1v) is 10.5. The molecule has 10 heteroatoms. The van der Waals surface area contributed by atoms with Crippen molar-refractivity contribution in [3.8, 4) is 0 Å². The van der Waals surface area contributed by atoms with Gasteiger partial charge in [0.15, 0.2) is 18.3 Å². The second kappa shape index (κ2) is 11.1. The van der Waals surface area contributed by atoms with Crippen molar-refractivity contribution in [3.63, 3.8) is 0 Å². The van der Waals surface area contributed by atoms with E-state index in [1.54, 1.807) is 0 Å². The number of hydrogen-bond acceptors (Lipinski definition) is 10. The molecule has 0 amide bonds. The van der Waals surface area contributed by atoms with Gasteiger partial charge in [0, 0.05) is 32.6 Å². The van der Waals surface area contributed by atoms with E-state index in [0.717, 1.165) is 10.5 Å². The summed E-state index contributed by atoms with van der Waals surface area (Å²) >= 11 is 1.26. The van der Waals surface area contributed by atoms with Gasteiger partial charge in [-0.05, 0) is 18.6 Å². The highest BCUT2D eigenvalue weighted by atomic mass is 32.2. The Kier molecular flexibility index (Phi) is 8.88. The van der Waals surface area contributed by atoms with Crippen molar-refractivity contribution >= 4 is 35.6 Å². The summed E-state index contributed by atoms with van der Waals surface area (Å²) in [6, 6.07) is 7.51. The molecule has 5 atom stereocenters. The second-order valence-electron chi connectivity index (χ2n) is 6.95. The average Bonchev–Trinajstić information content (AvgIpc) is 2.65. The molecule has 0 N–H and O–H groups in total. The first kappa shape index (κ1) is 24.7. The molecule has 0 radical (unpaired) electrons. The Morgan fingerprint density at radius 1 is 0.839 bits per heavy atom. The van der Waals surface area contributed by atoms with E-state index in [4.69, 9.17) is 23.7 Å². The number of aryl methyl sites for hydroxylation is 1. The summed E-state index contributed by atoms with van der Waals surface area (Å²) in [7, 11) is 0. The number of ether oxygens (including phenoxy) is 5. The summed E-state index contributed by atoms with van der Waals surface area (Å²) in [6.45, 7) is 6.48. The van der Waals surface area contributed by atoms with Crippen LogP contribution in [0.5, 0.6) is 0 Å². The van der Waals surface area contributed by atoms with Crippen LogP contribution in [0.4, 0.5) is 0 Å². The first-order valence-electron chi connectivity index (χ1n) is 9.61. The van der Waals surface area contributed by atoms with Crippen LogP contribution >= 0.6 is 11.8 Å². The van der Waals surface area contributed by atoms with E-state index < -0.39 is 53.7 Å². The van der Waals surface area contributed by atoms with Crippen molar-refractivity contribution < 1.29 is 42.9 Å². The maximum atomic E-state index is 11.8. The van der Waals surface area contributed by atoms with E-state index in [1.165, 1.54) is 39.5 Å². The zero-order valence-electron chi connectivity index (χ0n) is 18.0. The molecule has 31 heavy (non-hydrogen) atoms. The van der Waals surface area contributed by atoms with Crippen molar-refractivity contribution in [1.82, 2.24) is 0 Å². The molecule has 1 heterocycles. The highest BCUT2D eigenvalue weighted by Gasteiger charge is 2.52. The van der Waals surface area contributed by atoms with Crippen LogP contribution in [0.25, 0.3) is 0 Å². The summed E-state index contributed by atoms with van der Waals surface area (Å²) in [6.07, 6.45) is -4.35. The molecule has 1 aliphatic rings. The van der Waals surface area contributed by atoms with Gasteiger partial charge >= 0.3 is 23.9 Å². The van der Waals surface area contributed by atoms with E-state index in [2.05, 4.69) is 0 Å². The Morgan fingerprint density at radius 2 is 1.39 bits per heavy atom. The number of rotatable bonds is 7. The molecule has 0 aliphatic carbocycles. The lowest BCUT2D eigenvalue weighted by atomic mass is 9.99. The van der Waals surface area contributed by atoms with Gasteiger partial charge in [-0.2, -0.15) is 0 Å². The lowest BCUT2D eigenvalue weighted by molar-refractivity contribution is -0.237. The Hall–Kier alpha value is -2.59. The fourth-order valence-electron chi connectivity index (χ4n) is 3.10. The SMILES string of the molecule is CC(=O)OC[C@H]1O[C@@H](Sc2ccccc2C)[C@H](OC(C)=O)[C@@H](OC(C)=O)[C@@H]1OC(C)=O. The summed E-state index contributed by atoms with van der Waals surface area (Å²) in [5.41, 5.74) is 0.127. The van der Waals surface area contributed by atoms with Gasteiger partial charge in [0.2, 0.25) is 0 Å². The molecule has 1 fully saturated rings. The highest BCUT2D eigenvalue weighted by molar-refractivity contribution is 7.99. The van der Waals surface area contributed by atoms with E-state index in [0.29, 0.717) is 0 Å². The molecule has 0 bridgehead atoms. The van der Waals surface area contributed by atoms with Crippen LogP contribution in [0, 0.1) is 6.92 Å². The van der Waals surface area contributed by atoms with Crippen LogP contribution in [0.1, 0.15) is 33.3 Å². The maximum absolute atomic E-state index is 11.8. The molecule has 0 saturated carbocycles. The zero-order chi connectivity index (χ0) is 23.1. The predicted octanol–water partition coefficient (Wildman–Crippen LogP) is 2.17. The fourth-order valence-corrected chi connectivity index (χ4v) is 4.30. The van der Waals surface area contributed by atoms with Gasteiger partial charge in [-0.1, -0.05) is 30.0 Å². The maximum Gasteiger partial charge on any atom is 0.303 e. The summed E-state index contributed by atoms with van der Waals surface area (Å²) in [4.78, 5) is 47.6. The van der Waals surface area contributed by atoms with Crippen molar-refractivity contribution in [2.24, 2.45) is 0 Å². The van der Waals surface area contributed by atoms with Crippen LogP contribution in [-0.2, 0) is 42.9 Å². The minimum Gasteiger partial charge on any atom is -0.463 e. The lowest BCUT2D eigenvalue weighted by Gasteiger charge is -2.44. The van der Waals surface area contributed by atoms with E-state index in [1.807, 2.05) is 31.2 Å². The molecule has 9 nitrogen and oxygen atoms in total. The van der Waals surface area contributed by atoms with Crippen LogP contribution in [0.3, 0.4) is 0 Å². The Bertz CT molecular complexity index is 825. The summed E-state index contributed by atoms with van der Waals surface area (Å²) < 4.78 is 27.4. The predicted molar refractivity (Wildman–Crippen MR) is 109 cm³/mol. The minimum atomic E-state index is -1.17. The van der Waals surface area contributed by atoms with Gasteiger partial charge in [-0.3, -0.25) is 19.2 Å². The van der Waals surface area contributed by atoms with E-state index >= 15 is 0 Å². The van der Waals surface area contributed by atoms with Gasteiger partial charge in [0.05, 0.1) is 0 Å². The molecule has 1 aromatic carbocycles. The topological polar surface area (TPSA) is 114 Å². The lowest BCUT2D eigenvalue weighted by Crippen LogP contribution is -2.61. The Balaban J connectivity index is 2.46. The molecule has 0 aromatic heterocycles. The number of thioether (sulfide) groups is 1. The summed E-state index contributed by atoms with van der Waals surface area (Å²) in [5.74, 6) is -2.50. The first-order chi connectivity index (χ1) is 14.6. The number of carbonyl (C=O) groups excluding carboxylic acids is 4. The van der Waals surface area contributed by atoms with E-state index in [-0.39, 0.29) is 6.61 Å². The third-order valence-electron chi connectivity index (χ3n) is 4.28. The van der Waals surface area contributed by atoms with Crippen molar-refractivity contribution in [3.05, 3.63) is 29.8 Å². The summed E-state index contributed by atoms with van der Waals surface area (Å²) in [5, 5.41) is 0. The van der Waals surface area contributed by atoms with Gasteiger partial charge in [-0.15, -0.1) is 0 Å². The van der Waals surface area contributed by atoms with Gasteiger partial charge in [-0.25, -0.2) is 0 Å². The second-order valence-corrected chi connectivity index (χ2v) is 8.09. The molecule has 0 unspecified atom stereocenters. The monoisotopic (exact) mass is 454 g/mol. The van der Waals surface area contributed by atoms with Gasteiger partial charge in [0.1, 0.15) is 18.1 Å². The third-order valence-corrected chi connectivity index (χ3v) is 5.61. The quantitative estimate of drug-likeness (QED) is 0.448. The molecule has 170 valence electrons. The Labute approximate surface area is 184 Å². The van der Waals surface area contributed by atoms with Crippen LogP contribution in [-0.4, -0.2) is 60.3 Å². The van der Waals surface area contributed by atoms with Crippen molar-refractivity contribution in [2.75, 3.05) is 6.61 Å². The number of esters is 4. The zero-order valence-corrected chi connectivity index (χ0v) is 18.8. The highest BCUT2D eigenvalue weighted by Crippen LogP contribution is 2.38. The number of carbonyl (C=O) groups is 4. The number of benzene rings is 1. The molecular formula is C21H26O9S. The van der Waals surface area contributed by atoms with Crippen LogP contribution < -0.4 is 0 Å². The Morgan fingerprint density at radius 3 is 1.94 bits per heavy atom. The molecule has 2 rings (SSSR count). The van der Waals surface area contributed by atoms with Crippen LogP contribution in [0.2, 0.25) is 0 Å². The standard InChI is InChI=1S/C21H26O9S/c1-11-8-6-7-9-17(11)31-21-20(29-15(5)25)19(28-14(4)24)18(27-13(3)23)16(30-21)10-26-12(2)22/h6-9,16,18-21H,10H2,1-5H3/t16-,18-,19+,20-,21+/m1/s1. The molecular weight excluding hydrogens is 428 g/mol. The van der Waals surface area contributed by atoms with Crippen LogP contribution in [0.15, 0.2) is 29.2 Å². The molecule has 1 aromatic rings. The normalized spacial score (nSPS) is 25.3. The molecule has 1 aliphatic heterocycles. The minimum absolute atomic E-state index is 0.247. The van der Waals surface area contributed by atoms with Crippen molar-refractivity contribution in [1.29, 1.82) is 0 Å².